The predicted molar refractivity (Wildman–Crippen MR) is 106 cm³/mol. The number of para-hydroxylation sites is 1. The first-order chi connectivity index (χ1) is 12.5. The smallest absolute Gasteiger partial charge is 0.191 e. The van der Waals surface area contributed by atoms with E-state index in [0.29, 0.717) is 5.41 Å². The van der Waals surface area contributed by atoms with Gasteiger partial charge in [-0.25, -0.2) is 0 Å². The van der Waals surface area contributed by atoms with Crippen LogP contribution in [0.2, 0.25) is 0 Å². The number of rotatable bonds is 7. The zero-order chi connectivity index (χ0) is 18.6. The van der Waals surface area contributed by atoms with Crippen molar-refractivity contribution < 1.29 is 9.47 Å². The summed E-state index contributed by atoms with van der Waals surface area (Å²) in [7, 11) is 1.77. The van der Waals surface area contributed by atoms with Gasteiger partial charge in [-0.1, -0.05) is 18.2 Å². The lowest BCUT2D eigenvalue weighted by molar-refractivity contribution is 0.0694. The second-order valence-corrected chi connectivity index (χ2v) is 8.24. The molecule has 1 fully saturated rings. The SMILES string of the molecule is CCNC(=NCC1(CCOC)CC1)NC1CC(C)(C)Oc2ccccc21. The molecule has 1 atom stereocenters. The van der Waals surface area contributed by atoms with Crippen LogP contribution in [0.15, 0.2) is 29.3 Å². The molecule has 1 heterocycles. The number of aliphatic imine (C=N–C) groups is 1. The molecule has 0 saturated heterocycles. The molecule has 1 unspecified atom stereocenters. The molecule has 1 saturated carbocycles. The maximum atomic E-state index is 6.15. The molecule has 0 aromatic heterocycles. The van der Waals surface area contributed by atoms with Crippen molar-refractivity contribution in [1.82, 2.24) is 10.6 Å². The van der Waals surface area contributed by atoms with Gasteiger partial charge in [0.1, 0.15) is 11.4 Å². The van der Waals surface area contributed by atoms with Gasteiger partial charge in [-0.3, -0.25) is 4.99 Å². The van der Waals surface area contributed by atoms with Crippen LogP contribution in [0.4, 0.5) is 0 Å². The zero-order valence-corrected chi connectivity index (χ0v) is 16.6. The van der Waals surface area contributed by atoms with Crippen LogP contribution in [-0.2, 0) is 4.74 Å². The highest BCUT2D eigenvalue weighted by Gasteiger charge is 2.42. The van der Waals surface area contributed by atoms with Crippen molar-refractivity contribution >= 4 is 5.96 Å². The average molecular weight is 360 g/mol. The molecule has 26 heavy (non-hydrogen) atoms. The van der Waals surface area contributed by atoms with Gasteiger partial charge in [0.25, 0.3) is 0 Å². The molecule has 5 nitrogen and oxygen atoms in total. The largest absolute Gasteiger partial charge is 0.487 e. The Hall–Kier alpha value is -1.75. The van der Waals surface area contributed by atoms with E-state index in [1.807, 2.05) is 6.07 Å². The standard InChI is InChI=1S/C21H33N3O2/c1-5-22-19(23-15-21(10-11-21)12-13-25-4)24-17-14-20(2,3)26-18-9-7-6-8-16(17)18/h6-9,17H,5,10-15H2,1-4H3,(H2,22,23,24). The van der Waals surface area contributed by atoms with Gasteiger partial charge in [-0.05, 0) is 51.5 Å². The molecule has 1 aromatic carbocycles. The monoisotopic (exact) mass is 359 g/mol. The number of benzene rings is 1. The van der Waals surface area contributed by atoms with E-state index in [9.17, 15) is 0 Å². The van der Waals surface area contributed by atoms with Gasteiger partial charge in [0.05, 0.1) is 6.04 Å². The quantitative estimate of drug-likeness (QED) is 0.576. The maximum Gasteiger partial charge on any atom is 0.191 e. The van der Waals surface area contributed by atoms with Gasteiger partial charge >= 0.3 is 0 Å². The van der Waals surface area contributed by atoms with Gasteiger partial charge < -0.3 is 20.1 Å². The topological polar surface area (TPSA) is 54.9 Å². The Bertz CT molecular complexity index is 638. The molecule has 1 aliphatic carbocycles. The molecule has 5 heteroatoms. The normalized spacial score (nSPS) is 22.9. The molecule has 1 aromatic rings. The molecule has 0 spiro atoms. The summed E-state index contributed by atoms with van der Waals surface area (Å²) in [4.78, 5) is 4.91. The second kappa shape index (κ2) is 7.87. The van der Waals surface area contributed by atoms with E-state index in [1.54, 1.807) is 7.11 Å². The number of hydrogen-bond donors (Lipinski definition) is 2. The third-order valence-corrected chi connectivity index (χ3v) is 5.40. The van der Waals surface area contributed by atoms with Gasteiger partial charge in [-0.2, -0.15) is 0 Å². The lowest BCUT2D eigenvalue weighted by Gasteiger charge is -2.38. The minimum absolute atomic E-state index is 0.195. The second-order valence-electron chi connectivity index (χ2n) is 8.24. The fourth-order valence-corrected chi connectivity index (χ4v) is 3.65. The van der Waals surface area contributed by atoms with Crippen LogP contribution in [-0.4, -0.2) is 38.4 Å². The number of guanidine groups is 1. The van der Waals surface area contributed by atoms with Crippen molar-refractivity contribution in [3.8, 4) is 5.75 Å². The van der Waals surface area contributed by atoms with Crippen LogP contribution in [0, 0.1) is 5.41 Å². The first-order valence-corrected chi connectivity index (χ1v) is 9.79. The van der Waals surface area contributed by atoms with Gasteiger partial charge in [-0.15, -0.1) is 0 Å². The molecule has 2 aliphatic rings. The summed E-state index contributed by atoms with van der Waals surface area (Å²) in [6.45, 7) is 8.93. The lowest BCUT2D eigenvalue weighted by atomic mass is 9.90. The molecular weight excluding hydrogens is 326 g/mol. The van der Waals surface area contributed by atoms with Crippen molar-refractivity contribution in [1.29, 1.82) is 0 Å². The minimum atomic E-state index is -0.195. The summed E-state index contributed by atoms with van der Waals surface area (Å²) in [5, 5.41) is 7.06. The molecule has 144 valence electrons. The van der Waals surface area contributed by atoms with Crippen molar-refractivity contribution in [3.63, 3.8) is 0 Å². The van der Waals surface area contributed by atoms with Crippen LogP contribution < -0.4 is 15.4 Å². The Morgan fingerprint density at radius 2 is 2.08 bits per heavy atom. The van der Waals surface area contributed by atoms with Crippen molar-refractivity contribution in [3.05, 3.63) is 29.8 Å². The van der Waals surface area contributed by atoms with E-state index in [4.69, 9.17) is 14.5 Å². The Morgan fingerprint density at radius 1 is 1.31 bits per heavy atom. The van der Waals surface area contributed by atoms with Gasteiger partial charge in [0.15, 0.2) is 5.96 Å². The number of fused-ring (bicyclic) bond motifs is 1. The number of nitrogens with zero attached hydrogens (tertiary/aromatic N) is 1. The Balaban J connectivity index is 1.72. The van der Waals surface area contributed by atoms with E-state index >= 15 is 0 Å². The number of ether oxygens (including phenoxy) is 2. The van der Waals surface area contributed by atoms with Crippen LogP contribution in [0.1, 0.15) is 58.1 Å². The van der Waals surface area contributed by atoms with E-state index < -0.39 is 0 Å². The molecule has 0 bridgehead atoms. The summed E-state index contributed by atoms with van der Waals surface area (Å²) in [5.41, 5.74) is 1.36. The molecular formula is C21H33N3O2. The molecule has 2 N–H and O–H groups in total. The first kappa shape index (κ1) is 19.0. The van der Waals surface area contributed by atoms with E-state index in [1.165, 1.54) is 18.4 Å². The molecule has 3 rings (SSSR count). The van der Waals surface area contributed by atoms with Crippen LogP contribution in [0.5, 0.6) is 5.75 Å². The Morgan fingerprint density at radius 3 is 2.77 bits per heavy atom. The fraction of sp³-hybridized carbons (Fsp3) is 0.667. The van der Waals surface area contributed by atoms with E-state index in [2.05, 4.69) is 49.6 Å². The lowest BCUT2D eigenvalue weighted by Crippen LogP contribution is -2.45. The predicted octanol–water partition coefficient (Wildman–Crippen LogP) is 3.66. The summed E-state index contributed by atoms with van der Waals surface area (Å²) < 4.78 is 11.4. The van der Waals surface area contributed by atoms with Crippen LogP contribution in [0.25, 0.3) is 0 Å². The zero-order valence-electron chi connectivity index (χ0n) is 16.6. The number of nitrogens with one attached hydrogen (secondary N) is 2. The molecule has 0 radical (unpaired) electrons. The summed E-state index contributed by atoms with van der Waals surface area (Å²) >= 11 is 0. The molecule has 0 amide bonds. The van der Waals surface area contributed by atoms with Crippen molar-refractivity contribution in [2.24, 2.45) is 10.4 Å². The van der Waals surface area contributed by atoms with Crippen molar-refractivity contribution in [2.75, 3.05) is 26.8 Å². The highest BCUT2D eigenvalue weighted by atomic mass is 16.5. The van der Waals surface area contributed by atoms with E-state index in [0.717, 1.165) is 44.2 Å². The van der Waals surface area contributed by atoms with Crippen LogP contribution in [0.3, 0.4) is 0 Å². The summed E-state index contributed by atoms with van der Waals surface area (Å²) in [6.07, 6.45) is 4.52. The summed E-state index contributed by atoms with van der Waals surface area (Å²) in [5.74, 6) is 1.87. The average Bonchev–Trinajstić information content (AvgIpc) is 3.37. The third kappa shape index (κ3) is 4.70. The van der Waals surface area contributed by atoms with E-state index in [-0.39, 0.29) is 11.6 Å². The highest BCUT2D eigenvalue weighted by Crippen LogP contribution is 2.49. The van der Waals surface area contributed by atoms with Gasteiger partial charge in [0.2, 0.25) is 0 Å². The number of methoxy groups -OCH3 is 1. The Kier molecular flexibility index (Phi) is 5.76. The first-order valence-electron chi connectivity index (χ1n) is 9.79. The van der Waals surface area contributed by atoms with Gasteiger partial charge in [0, 0.05) is 38.8 Å². The maximum absolute atomic E-state index is 6.15. The number of hydrogen-bond acceptors (Lipinski definition) is 3. The fourth-order valence-electron chi connectivity index (χ4n) is 3.65. The minimum Gasteiger partial charge on any atom is -0.487 e. The van der Waals surface area contributed by atoms with Crippen molar-refractivity contribution in [2.45, 2.75) is 58.1 Å². The van der Waals surface area contributed by atoms with Crippen LogP contribution >= 0.6 is 0 Å². The summed E-state index contributed by atoms with van der Waals surface area (Å²) in [6, 6.07) is 8.50. The third-order valence-electron chi connectivity index (χ3n) is 5.40. The Labute approximate surface area is 157 Å². The highest BCUT2D eigenvalue weighted by molar-refractivity contribution is 5.80. The molecule has 1 aliphatic heterocycles.